The predicted octanol–water partition coefficient (Wildman–Crippen LogP) is 1.33. The van der Waals surface area contributed by atoms with Crippen LogP contribution in [-0.4, -0.2) is 55.2 Å². The van der Waals surface area contributed by atoms with Gasteiger partial charge in [0.1, 0.15) is 12.6 Å². The average Bonchev–Trinajstić information content (AvgIpc) is 2.44. The minimum absolute atomic E-state index is 0.0381. The van der Waals surface area contributed by atoms with Crippen molar-refractivity contribution in [3.05, 3.63) is 0 Å². The van der Waals surface area contributed by atoms with Crippen LogP contribution >= 0.6 is 0 Å². The molecule has 1 atom stereocenters. The number of hydrogen-bond acceptors (Lipinski definition) is 3. The van der Waals surface area contributed by atoms with E-state index in [1.165, 1.54) is 4.90 Å². The van der Waals surface area contributed by atoms with Crippen molar-refractivity contribution in [2.45, 2.75) is 39.4 Å². The van der Waals surface area contributed by atoms with Gasteiger partial charge in [0.2, 0.25) is 11.8 Å². The lowest BCUT2D eigenvalue weighted by Gasteiger charge is -2.32. The SMILES string of the molecule is CC(C)(C)C1NC(=O)CCN(CCOCC(F)(F)F)C1=O. The fourth-order valence-electron chi connectivity index (χ4n) is 2.00. The van der Waals surface area contributed by atoms with E-state index in [-0.39, 0.29) is 37.9 Å². The summed E-state index contributed by atoms with van der Waals surface area (Å²) in [6.45, 7) is 4.13. The van der Waals surface area contributed by atoms with Crippen molar-refractivity contribution < 1.29 is 27.5 Å². The second-order valence-corrected chi connectivity index (χ2v) is 6.11. The summed E-state index contributed by atoms with van der Waals surface area (Å²) in [6, 6.07) is -0.685. The van der Waals surface area contributed by atoms with Crippen molar-refractivity contribution in [2.24, 2.45) is 5.41 Å². The molecule has 0 spiro atoms. The third-order valence-corrected chi connectivity index (χ3v) is 3.11. The maximum Gasteiger partial charge on any atom is 0.411 e. The highest BCUT2D eigenvalue weighted by atomic mass is 19.4. The van der Waals surface area contributed by atoms with Crippen LogP contribution in [0.2, 0.25) is 0 Å². The first-order valence-electron chi connectivity index (χ1n) is 6.73. The third-order valence-electron chi connectivity index (χ3n) is 3.11. The van der Waals surface area contributed by atoms with Gasteiger partial charge in [0.15, 0.2) is 0 Å². The Hall–Kier alpha value is -1.31. The smallest absolute Gasteiger partial charge is 0.370 e. The molecule has 1 rings (SSSR count). The fraction of sp³-hybridized carbons (Fsp3) is 0.846. The van der Waals surface area contributed by atoms with Gasteiger partial charge >= 0.3 is 6.18 Å². The Bertz CT molecular complexity index is 391. The Balaban J connectivity index is 2.60. The third kappa shape index (κ3) is 5.91. The molecular formula is C13H21F3N2O3. The number of nitrogens with zero attached hydrogens (tertiary/aromatic N) is 1. The molecule has 2 amide bonds. The van der Waals surface area contributed by atoms with E-state index in [0.29, 0.717) is 0 Å². The second-order valence-electron chi connectivity index (χ2n) is 6.11. The number of carbonyl (C=O) groups is 2. The molecule has 0 aromatic rings. The quantitative estimate of drug-likeness (QED) is 0.797. The van der Waals surface area contributed by atoms with Crippen LogP contribution in [0.1, 0.15) is 27.2 Å². The molecule has 5 nitrogen and oxygen atoms in total. The van der Waals surface area contributed by atoms with E-state index in [9.17, 15) is 22.8 Å². The maximum absolute atomic E-state index is 12.4. The molecule has 0 aromatic heterocycles. The zero-order valence-corrected chi connectivity index (χ0v) is 12.4. The number of alkyl halides is 3. The normalized spacial score (nSPS) is 21.2. The van der Waals surface area contributed by atoms with Crippen molar-refractivity contribution in [2.75, 3.05) is 26.3 Å². The van der Waals surface area contributed by atoms with Gasteiger partial charge in [0.05, 0.1) is 6.61 Å². The molecule has 0 bridgehead atoms. The lowest BCUT2D eigenvalue weighted by Crippen LogP contribution is -2.52. The van der Waals surface area contributed by atoms with E-state index >= 15 is 0 Å². The number of rotatable bonds is 4. The standard InChI is InChI=1S/C13H21F3N2O3/c1-12(2,3)10-11(20)18(5-4-9(19)17-10)6-7-21-8-13(14,15)16/h10H,4-8H2,1-3H3,(H,17,19). The van der Waals surface area contributed by atoms with E-state index in [2.05, 4.69) is 10.1 Å². The van der Waals surface area contributed by atoms with Crippen molar-refractivity contribution in [3.8, 4) is 0 Å². The summed E-state index contributed by atoms with van der Waals surface area (Å²) in [6.07, 6.45) is -4.24. The Morgan fingerprint density at radius 2 is 1.90 bits per heavy atom. The van der Waals surface area contributed by atoms with E-state index < -0.39 is 24.2 Å². The van der Waals surface area contributed by atoms with Gasteiger partial charge in [-0.15, -0.1) is 0 Å². The number of ether oxygens (including phenoxy) is 1. The van der Waals surface area contributed by atoms with Crippen molar-refractivity contribution in [1.29, 1.82) is 0 Å². The summed E-state index contributed by atoms with van der Waals surface area (Å²) in [5.74, 6) is -0.522. The topological polar surface area (TPSA) is 58.6 Å². The van der Waals surface area contributed by atoms with Crippen molar-refractivity contribution in [3.63, 3.8) is 0 Å². The van der Waals surface area contributed by atoms with Gasteiger partial charge in [-0.1, -0.05) is 20.8 Å². The highest BCUT2D eigenvalue weighted by molar-refractivity contribution is 5.90. The summed E-state index contributed by atoms with van der Waals surface area (Å²) in [5, 5.41) is 2.66. The maximum atomic E-state index is 12.4. The first kappa shape index (κ1) is 17.7. The number of nitrogens with one attached hydrogen (secondary N) is 1. The Morgan fingerprint density at radius 3 is 2.43 bits per heavy atom. The van der Waals surface area contributed by atoms with Gasteiger partial charge in [-0.25, -0.2) is 0 Å². The van der Waals surface area contributed by atoms with Crippen LogP contribution in [0.3, 0.4) is 0 Å². The van der Waals surface area contributed by atoms with Crippen LogP contribution < -0.4 is 5.32 Å². The average molecular weight is 310 g/mol. The minimum Gasteiger partial charge on any atom is -0.370 e. The summed E-state index contributed by atoms with van der Waals surface area (Å²) in [4.78, 5) is 25.4. The molecular weight excluding hydrogens is 289 g/mol. The van der Waals surface area contributed by atoms with Crippen LogP contribution in [0.25, 0.3) is 0 Å². The summed E-state index contributed by atoms with van der Waals surface area (Å²) in [7, 11) is 0. The molecule has 0 radical (unpaired) electrons. The highest BCUT2D eigenvalue weighted by Gasteiger charge is 2.37. The largest absolute Gasteiger partial charge is 0.411 e. The van der Waals surface area contributed by atoms with Gasteiger partial charge in [-0.05, 0) is 5.41 Å². The van der Waals surface area contributed by atoms with E-state index in [1.54, 1.807) is 0 Å². The van der Waals surface area contributed by atoms with Crippen LogP contribution in [0.4, 0.5) is 13.2 Å². The summed E-state index contributed by atoms with van der Waals surface area (Å²) >= 11 is 0. The van der Waals surface area contributed by atoms with Crippen LogP contribution in [-0.2, 0) is 14.3 Å². The molecule has 0 saturated carbocycles. The minimum atomic E-state index is -4.38. The highest BCUT2D eigenvalue weighted by Crippen LogP contribution is 2.23. The van der Waals surface area contributed by atoms with Crippen molar-refractivity contribution >= 4 is 11.8 Å². The Morgan fingerprint density at radius 1 is 1.29 bits per heavy atom. The fourth-order valence-corrected chi connectivity index (χ4v) is 2.00. The Labute approximate surface area is 121 Å². The zero-order chi connectivity index (χ0) is 16.3. The van der Waals surface area contributed by atoms with Crippen LogP contribution in [0.15, 0.2) is 0 Å². The molecule has 1 N–H and O–H groups in total. The molecule has 1 unspecified atom stereocenters. The summed E-state index contributed by atoms with van der Waals surface area (Å²) < 4.78 is 40.4. The molecule has 1 aliphatic rings. The molecule has 122 valence electrons. The van der Waals surface area contributed by atoms with Crippen LogP contribution in [0.5, 0.6) is 0 Å². The van der Waals surface area contributed by atoms with Gasteiger partial charge in [-0.3, -0.25) is 9.59 Å². The van der Waals surface area contributed by atoms with Gasteiger partial charge in [0, 0.05) is 19.5 Å². The van der Waals surface area contributed by atoms with E-state index in [0.717, 1.165) is 0 Å². The molecule has 1 aliphatic heterocycles. The lowest BCUT2D eigenvalue weighted by molar-refractivity contribution is -0.175. The molecule has 0 aromatic carbocycles. The zero-order valence-electron chi connectivity index (χ0n) is 12.4. The van der Waals surface area contributed by atoms with Gasteiger partial charge in [-0.2, -0.15) is 13.2 Å². The molecule has 1 heterocycles. The van der Waals surface area contributed by atoms with E-state index in [4.69, 9.17) is 0 Å². The number of halogens is 3. The monoisotopic (exact) mass is 310 g/mol. The van der Waals surface area contributed by atoms with Gasteiger partial charge in [0.25, 0.3) is 0 Å². The molecule has 1 fully saturated rings. The number of amides is 2. The molecule has 1 saturated heterocycles. The predicted molar refractivity (Wildman–Crippen MR) is 69.5 cm³/mol. The number of carbonyl (C=O) groups excluding carboxylic acids is 2. The van der Waals surface area contributed by atoms with Crippen LogP contribution in [0, 0.1) is 5.41 Å². The second kappa shape index (κ2) is 6.64. The molecule has 21 heavy (non-hydrogen) atoms. The lowest BCUT2D eigenvalue weighted by atomic mass is 9.86. The summed E-state index contributed by atoms with van der Waals surface area (Å²) in [5.41, 5.74) is -0.470. The van der Waals surface area contributed by atoms with Gasteiger partial charge < -0.3 is 15.0 Å². The first-order chi connectivity index (χ1) is 9.50. The van der Waals surface area contributed by atoms with E-state index in [1.807, 2.05) is 20.8 Å². The molecule has 0 aliphatic carbocycles. The molecule has 8 heteroatoms. The first-order valence-corrected chi connectivity index (χ1v) is 6.73. The van der Waals surface area contributed by atoms with Crippen molar-refractivity contribution in [1.82, 2.24) is 10.2 Å². The number of hydrogen-bond donors (Lipinski definition) is 1. The Kier molecular flexibility index (Phi) is 5.61.